The Kier molecular flexibility index (Phi) is 8.35. The van der Waals surface area contributed by atoms with E-state index in [1.807, 2.05) is 12.1 Å². The highest BCUT2D eigenvalue weighted by Gasteiger charge is 2.36. The quantitative estimate of drug-likeness (QED) is 0.309. The Hall–Kier alpha value is -3.27. The van der Waals surface area contributed by atoms with Crippen molar-refractivity contribution < 1.29 is 23.9 Å². The first kappa shape index (κ1) is 25.8. The van der Waals surface area contributed by atoms with Gasteiger partial charge in [-0.1, -0.05) is 51.8 Å². The van der Waals surface area contributed by atoms with Crippen LogP contribution in [-0.2, 0) is 16.2 Å². The third-order valence-electron chi connectivity index (χ3n) is 5.12. The fourth-order valence-corrected chi connectivity index (χ4v) is 4.57. The van der Waals surface area contributed by atoms with Gasteiger partial charge in [-0.05, 0) is 65.9 Å². The van der Waals surface area contributed by atoms with Gasteiger partial charge in [0.25, 0.3) is 11.1 Å². The number of carbonyl (C=O) groups is 3. The zero-order valence-electron chi connectivity index (χ0n) is 19.0. The van der Waals surface area contributed by atoms with Gasteiger partial charge >= 0.3 is 0 Å². The van der Waals surface area contributed by atoms with Crippen LogP contribution in [0.4, 0.5) is 10.5 Å². The minimum atomic E-state index is -0.553. The van der Waals surface area contributed by atoms with Gasteiger partial charge in [-0.25, -0.2) is 0 Å². The summed E-state index contributed by atoms with van der Waals surface area (Å²) in [5.41, 5.74) is 2.02. The molecule has 3 aromatic rings. The van der Waals surface area contributed by atoms with E-state index in [4.69, 9.17) is 21.1 Å². The van der Waals surface area contributed by atoms with Crippen LogP contribution in [0.15, 0.2) is 76.1 Å². The monoisotopic (exact) mass is 586 g/mol. The fourth-order valence-electron chi connectivity index (χ4n) is 3.35. The maximum Gasteiger partial charge on any atom is 0.294 e. The number of benzene rings is 3. The van der Waals surface area contributed by atoms with Crippen molar-refractivity contribution in [3.8, 4) is 11.5 Å². The highest BCUT2D eigenvalue weighted by molar-refractivity contribution is 9.10. The Morgan fingerprint density at radius 2 is 1.81 bits per heavy atom. The van der Waals surface area contributed by atoms with E-state index in [2.05, 4.69) is 21.2 Å². The second-order valence-electron chi connectivity index (χ2n) is 7.62. The van der Waals surface area contributed by atoms with Crippen LogP contribution in [0.2, 0.25) is 5.02 Å². The van der Waals surface area contributed by atoms with Crippen LogP contribution in [-0.4, -0.2) is 35.6 Å². The molecule has 0 atom stereocenters. The highest BCUT2D eigenvalue weighted by Crippen LogP contribution is 2.37. The number of rotatable bonds is 8. The third kappa shape index (κ3) is 6.29. The van der Waals surface area contributed by atoms with Crippen molar-refractivity contribution in [2.75, 3.05) is 19.0 Å². The molecule has 3 amide bonds. The molecule has 1 heterocycles. The van der Waals surface area contributed by atoms with E-state index in [1.54, 1.807) is 60.7 Å². The largest absolute Gasteiger partial charge is 0.493 e. The Morgan fingerprint density at radius 1 is 1.08 bits per heavy atom. The maximum atomic E-state index is 13.0. The molecule has 1 saturated heterocycles. The summed E-state index contributed by atoms with van der Waals surface area (Å²) in [5, 5.41) is 2.78. The fraction of sp³-hybridized carbons (Fsp3) is 0.115. The number of ether oxygens (including phenoxy) is 2. The standard InChI is InChI=1S/C26H20BrClN2O5S/c1-34-21-4-2-3-17(24(21)35-15-16-5-9-19(28)10-6-16)13-22-25(32)30(26(33)36-22)14-23(31)29-20-11-7-18(27)8-12-20/h2-13H,14-15H2,1H3,(H,29,31)/b22-13+. The van der Waals surface area contributed by atoms with Crippen LogP contribution in [0, 0.1) is 0 Å². The van der Waals surface area contributed by atoms with Crippen molar-refractivity contribution in [3.05, 3.63) is 92.3 Å². The number of hydrogen-bond donors (Lipinski definition) is 1. The van der Waals surface area contributed by atoms with E-state index in [1.165, 1.54) is 7.11 Å². The molecule has 0 saturated carbocycles. The molecular formula is C26H20BrClN2O5S. The normalized spacial score (nSPS) is 14.3. The van der Waals surface area contributed by atoms with Crippen LogP contribution in [0.3, 0.4) is 0 Å². The average molecular weight is 588 g/mol. The number of nitrogens with zero attached hydrogens (tertiary/aromatic N) is 1. The number of para-hydroxylation sites is 1. The van der Waals surface area contributed by atoms with E-state index in [0.29, 0.717) is 27.8 Å². The maximum absolute atomic E-state index is 13.0. The van der Waals surface area contributed by atoms with E-state index >= 15 is 0 Å². The lowest BCUT2D eigenvalue weighted by atomic mass is 10.1. The molecule has 36 heavy (non-hydrogen) atoms. The van der Waals surface area contributed by atoms with Gasteiger partial charge in [0.15, 0.2) is 11.5 Å². The molecule has 184 valence electrons. The number of amides is 3. The second kappa shape index (κ2) is 11.6. The minimum Gasteiger partial charge on any atom is -0.493 e. The summed E-state index contributed by atoms with van der Waals surface area (Å²) < 4.78 is 12.3. The van der Waals surface area contributed by atoms with Crippen LogP contribution in [0.25, 0.3) is 6.08 Å². The van der Waals surface area contributed by atoms with E-state index < -0.39 is 23.6 Å². The molecule has 0 aliphatic carbocycles. The van der Waals surface area contributed by atoms with Crippen LogP contribution < -0.4 is 14.8 Å². The molecule has 0 bridgehead atoms. The topological polar surface area (TPSA) is 84.9 Å². The molecule has 0 unspecified atom stereocenters. The van der Waals surface area contributed by atoms with Crippen molar-refractivity contribution in [2.24, 2.45) is 0 Å². The van der Waals surface area contributed by atoms with Crippen molar-refractivity contribution in [1.82, 2.24) is 4.90 Å². The first-order valence-electron chi connectivity index (χ1n) is 10.7. The van der Waals surface area contributed by atoms with E-state index in [9.17, 15) is 14.4 Å². The van der Waals surface area contributed by atoms with E-state index in [-0.39, 0.29) is 11.5 Å². The Balaban J connectivity index is 1.50. The summed E-state index contributed by atoms with van der Waals surface area (Å²) in [6.45, 7) is -0.147. The van der Waals surface area contributed by atoms with Crippen molar-refractivity contribution in [2.45, 2.75) is 6.61 Å². The van der Waals surface area contributed by atoms with Crippen LogP contribution >= 0.6 is 39.3 Å². The Bertz CT molecular complexity index is 1330. The lowest BCUT2D eigenvalue weighted by molar-refractivity contribution is -0.127. The third-order valence-corrected chi connectivity index (χ3v) is 6.80. The molecule has 1 aliphatic rings. The van der Waals surface area contributed by atoms with Crippen molar-refractivity contribution >= 4 is 68.1 Å². The number of methoxy groups -OCH3 is 1. The predicted molar refractivity (Wildman–Crippen MR) is 144 cm³/mol. The lowest BCUT2D eigenvalue weighted by Crippen LogP contribution is -2.36. The molecule has 7 nitrogen and oxygen atoms in total. The number of imide groups is 1. The smallest absolute Gasteiger partial charge is 0.294 e. The number of hydrogen-bond acceptors (Lipinski definition) is 6. The number of nitrogens with one attached hydrogen (secondary N) is 1. The van der Waals surface area contributed by atoms with Gasteiger partial charge in [-0.3, -0.25) is 19.3 Å². The summed E-state index contributed by atoms with van der Waals surface area (Å²) in [6.07, 6.45) is 1.57. The molecule has 1 fully saturated rings. The first-order valence-corrected chi connectivity index (χ1v) is 12.7. The number of halogens is 2. The van der Waals surface area contributed by atoms with Gasteiger partial charge in [0.05, 0.1) is 12.0 Å². The molecule has 1 N–H and O–H groups in total. The zero-order valence-corrected chi connectivity index (χ0v) is 22.2. The minimum absolute atomic E-state index is 0.182. The molecule has 0 radical (unpaired) electrons. The number of anilines is 1. The summed E-state index contributed by atoms with van der Waals surface area (Å²) in [4.78, 5) is 39.1. The molecular weight excluding hydrogens is 568 g/mol. The predicted octanol–water partition coefficient (Wildman–Crippen LogP) is 6.37. The molecule has 1 aliphatic heterocycles. The van der Waals surface area contributed by atoms with Gasteiger partial charge in [0, 0.05) is 20.7 Å². The summed E-state index contributed by atoms with van der Waals surface area (Å²) in [7, 11) is 1.52. The van der Waals surface area contributed by atoms with Crippen LogP contribution in [0.5, 0.6) is 11.5 Å². The van der Waals surface area contributed by atoms with Gasteiger partial charge in [0.1, 0.15) is 13.2 Å². The van der Waals surface area contributed by atoms with Crippen molar-refractivity contribution in [1.29, 1.82) is 0 Å². The highest BCUT2D eigenvalue weighted by atomic mass is 79.9. The number of thioether (sulfide) groups is 1. The second-order valence-corrected chi connectivity index (χ2v) is 9.96. The molecule has 4 rings (SSSR count). The summed E-state index contributed by atoms with van der Waals surface area (Å²) in [5.74, 6) is -0.128. The van der Waals surface area contributed by atoms with E-state index in [0.717, 1.165) is 26.7 Å². The summed E-state index contributed by atoms with van der Waals surface area (Å²) >= 11 is 10.0. The van der Waals surface area contributed by atoms with Crippen LogP contribution in [0.1, 0.15) is 11.1 Å². The molecule has 0 spiro atoms. The Labute approximate surface area is 225 Å². The summed E-state index contributed by atoms with van der Waals surface area (Å²) in [6, 6.07) is 19.5. The SMILES string of the molecule is COc1cccc(/C=C2/SC(=O)N(CC(=O)Nc3ccc(Br)cc3)C2=O)c1OCc1ccc(Cl)cc1. The molecule has 10 heteroatoms. The Morgan fingerprint density at radius 3 is 2.50 bits per heavy atom. The van der Waals surface area contributed by atoms with Crippen molar-refractivity contribution in [3.63, 3.8) is 0 Å². The molecule has 3 aromatic carbocycles. The molecule has 0 aromatic heterocycles. The van der Waals surface area contributed by atoms with Gasteiger partial charge < -0.3 is 14.8 Å². The average Bonchev–Trinajstić information content (AvgIpc) is 3.12. The first-order chi connectivity index (χ1) is 17.3. The lowest BCUT2D eigenvalue weighted by Gasteiger charge is -2.14. The number of carbonyl (C=O) groups excluding carboxylic acids is 3. The van der Waals surface area contributed by atoms with Gasteiger partial charge in [0.2, 0.25) is 5.91 Å². The van der Waals surface area contributed by atoms with Gasteiger partial charge in [-0.2, -0.15) is 0 Å². The zero-order chi connectivity index (χ0) is 25.7. The van der Waals surface area contributed by atoms with Gasteiger partial charge in [-0.15, -0.1) is 0 Å².